The van der Waals surface area contributed by atoms with Gasteiger partial charge in [0.25, 0.3) is 0 Å². The van der Waals surface area contributed by atoms with Crippen molar-refractivity contribution in [3.8, 4) is 0 Å². The Hall–Kier alpha value is -1.85. The van der Waals surface area contributed by atoms with Gasteiger partial charge >= 0.3 is 11.9 Å². The number of amides is 1. The Morgan fingerprint density at radius 1 is 0.804 bits per heavy atom. The molecule has 0 heterocycles. The summed E-state index contributed by atoms with van der Waals surface area (Å²) in [4.78, 5) is 38.5. The van der Waals surface area contributed by atoms with Gasteiger partial charge in [-0.25, -0.2) is 0 Å². The van der Waals surface area contributed by atoms with Gasteiger partial charge in [-0.2, -0.15) is 0 Å². The summed E-state index contributed by atoms with van der Waals surface area (Å²) < 4.78 is 6.29. The van der Waals surface area contributed by atoms with Crippen molar-refractivity contribution < 1.29 is 24.2 Å². The van der Waals surface area contributed by atoms with Gasteiger partial charge in [0, 0.05) is 17.9 Å². The minimum atomic E-state index is -0.878. The molecule has 0 aliphatic heterocycles. The first-order chi connectivity index (χ1) is 23.7. The fourth-order valence-corrected chi connectivity index (χ4v) is 14.8. The second-order valence-corrected chi connectivity index (χ2v) is 21.5. The molecule has 10 atom stereocenters. The van der Waals surface area contributed by atoms with Crippen molar-refractivity contribution in [1.29, 1.82) is 0 Å². The Labute approximate surface area is 310 Å². The van der Waals surface area contributed by atoms with Crippen LogP contribution in [0.15, 0.2) is 12.2 Å². The van der Waals surface area contributed by atoms with Crippen LogP contribution in [0.3, 0.4) is 0 Å². The van der Waals surface area contributed by atoms with Gasteiger partial charge in [0.05, 0.1) is 12.8 Å². The predicted octanol–water partition coefficient (Wildman–Crippen LogP) is 10.5. The van der Waals surface area contributed by atoms with Gasteiger partial charge in [-0.1, -0.05) is 67.5 Å². The van der Waals surface area contributed by atoms with E-state index in [4.69, 9.17) is 4.74 Å². The maximum absolute atomic E-state index is 13.9. The second kappa shape index (κ2) is 13.5. The third kappa shape index (κ3) is 6.65. The van der Waals surface area contributed by atoms with Crippen molar-refractivity contribution in [2.45, 2.75) is 184 Å². The van der Waals surface area contributed by atoms with E-state index in [1.54, 1.807) is 0 Å². The maximum Gasteiger partial charge on any atom is 0.306 e. The number of allylic oxidation sites excluding steroid dienone is 1. The van der Waals surface area contributed by atoms with Crippen LogP contribution in [-0.4, -0.2) is 35.1 Å². The molecular weight excluding hydrogens is 634 g/mol. The molecule has 0 aromatic heterocycles. The summed E-state index contributed by atoms with van der Waals surface area (Å²) in [6.07, 6.45) is 16.9. The topological polar surface area (TPSA) is 92.7 Å². The molecule has 0 radical (unpaired) electrons. The SMILES string of the molecule is C=C(C)[C@@H]1CC[C@]2(CC(=O)NC3CCC(C)CC3)CC[C@]3(C)[C@H](CC[C@@H]4[C@@]5(C)CC[C@H](OC(=O)CC(C)(C)CC(=O)O)C(C)(C)[C@@H]5CC[C@]43C)[C@@H]12. The predicted molar refractivity (Wildman–Crippen MR) is 204 cm³/mol. The third-order valence-electron chi connectivity index (χ3n) is 17.6. The largest absolute Gasteiger partial charge is 0.481 e. The summed E-state index contributed by atoms with van der Waals surface area (Å²) in [5.41, 5.74) is 1.25. The normalized spacial score (nSPS) is 44.6. The molecule has 0 spiro atoms. The molecular formula is C45H73NO5. The zero-order valence-electron chi connectivity index (χ0n) is 33.9. The monoisotopic (exact) mass is 708 g/mol. The average Bonchev–Trinajstić information content (AvgIpc) is 3.38. The summed E-state index contributed by atoms with van der Waals surface area (Å²) in [7, 11) is 0. The number of hydrogen-bond donors (Lipinski definition) is 2. The van der Waals surface area contributed by atoms with E-state index in [9.17, 15) is 19.5 Å². The number of carbonyl (C=O) groups is 3. The number of carbonyl (C=O) groups excluding carboxylic acids is 2. The van der Waals surface area contributed by atoms with Gasteiger partial charge in [-0.15, -0.1) is 0 Å². The Morgan fingerprint density at radius 2 is 1.49 bits per heavy atom. The van der Waals surface area contributed by atoms with Crippen molar-refractivity contribution in [2.24, 2.45) is 68.0 Å². The number of aliphatic carboxylic acids is 1. The third-order valence-corrected chi connectivity index (χ3v) is 17.6. The minimum Gasteiger partial charge on any atom is -0.481 e. The lowest BCUT2D eigenvalue weighted by Gasteiger charge is -2.73. The molecule has 0 aromatic carbocycles. The first-order valence-electron chi connectivity index (χ1n) is 21.0. The Balaban J connectivity index is 1.21. The molecule has 288 valence electrons. The van der Waals surface area contributed by atoms with Gasteiger partial charge < -0.3 is 15.2 Å². The van der Waals surface area contributed by atoms with Crippen LogP contribution in [-0.2, 0) is 19.1 Å². The summed E-state index contributed by atoms with van der Waals surface area (Å²) in [6.45, 7) is 25.5. The van der Waals surface area contributed by atoms with E-state index in [0.717, 1.165) is 44.4 Å². The highest BCUT2D eigenvalue weighted by atomic mass is 16.5. The van der Waals surface area contributed by atoms with Crippen molar-refractivity contribution in [3.63, 3.8) is 0 Å². The first kappa shape index (κ1) is 38.9. The van der Waals surface area contributed by atoms with Crippen molar-refractivity contribution in [3.05, 3.63) is 12.2 Å². The summed E-state index contributed by atoms with van der Waals surface area (Å²) in [5, 5.41) is 12.9. The zero-order valence-corrected chi connectivity index (χ0v) is 33.9. The molecule has 6 nitrogen and oxygen atoms in total. The summed E-state index contributed by atoms with van der Waals surface area (Å²) in [6, 6.07) is 0.354. The van der Waals surface area contributed by atoms with Crippen molar-refractivity contribution >= 4 is 17.8 Å². The average molecular weight is 708 g/mol. The number of ether oxygens (including phenoxy) is 1. The lowest BCUT2D eigenvalue weighted by molar-refractivity contribution is -0.250. The summed E-state index contributed by atoms with van der Waals surface area (Å²) >= 11 is 0. The van der Waals surface area contributed by atoms with E-state index in [2.05, 4.69) is 60.4 Å². The molecule has 2 N–H and O–H groups in total. The fraction of sp³-hybridized carbons (Fsp3) is 0.889. The summed E-state index contributed by atoms with van der Waals surface area (Å²) in [5.74, 6) is 2.69. The number of carboxylic acid groups (broad SMARTS) is 1. The maximum atomic E-state index is 13.9. The lowest BCUT2D eigenvalue weighted by atomic mass is 9.32. The van der Waals surface area contributed by atoms with Gasteiger partial charge in [-0.05, 0) is 159 Å². The van der Waals surface area contributed by atoms with Crippen molar-refractivity contribution in [1.82, 2.24) is 5.32 Å². The van der Waals surface area contributed by atoms with Crippen LogP contribution in [0.5, 0.6) is 0 Å². The Morgan fingerprint density at radius 3 is 2.14 bits per heavy atom. The number of esters is 1. The van der Waals surface area contributed by atoms with Crippen LogP contribution >= 0.6 is 0 Å². The molecule has 6 heteroatoms. The fourth-order valence-electron chi connectivity index (χ4n) is 14.8. The van der Waals surface area contributed by atoms with Gasteiger partial charge in [0.1, 0.15) is 6.10 Å². The molecule has 6 saturated carbocycles. The van der Waals surface area contributed by atoms with Crippen LogP contribution in [0.1, 0.15) is 171 Å². The van der Waals surface area contributed by atoms with Crippen LogP contribution in [0.2, 0.25) is 0 Å². The zero-order chi connectivity index (χ0) is 37.4. The van der Waals surface area contributed by atoms with Gasteiger partial charge in [0.15, 0.2) is 0 Å². The molecule has 6 rings (SSSR count). The molecule has 0 bridgehead atoms. The molecule has 6 aliphatic carbocycles. The first-order valence-corrected chi connectivity index (χ1v) is 21.0. The number of carboxylic acids is 1. The second-order valence-electron chi connectivity index (χ2n) is 21.5. The smallest absolute Gasteiger partial charge is 0.306 e. The van der Waals surface area contributed by atoms with Gasteiger partial charge in [-0.3, -0.25) is 14.4 Å². The quantitative estimate of drug-likeness (QED) is 0.184. The molecule has 1 amide bonds. The molecule has 6 fully saturated rings. The van der Waals surface area contributed by atoms with Crippen LogP contribution in [0, 0.1) is 68.0 Å². The van der Waals surface area contributed by atoms with E-state index in [0.29, 0.717) is 48.0 Å². The van der Waals surface area contributed by atoms with Crippen LogP contribution in [0.25, 0.3) is 0 Å². The molecule has 6 aliphatic rings. The number of nitrogens with one attached hydrogen (secondary N) is 1. The molecule has 0 unspecified atom stereocenters. The highest BCUT2D eigenvalue weighted by Crippen LogP contribution is 2.78. The Bertz CT molecular complexity index is 1380. The number of hydrogen-bond acceptors (Lipinski definition) is 4. The van der Waals surface area contributed by atoms with Crippen molar-refractivity contribution in [2.75, 3.05) is 0 Å². The van der Waals surface area contributed by atoms with Crippen LogP contribution in [0.4, 0.5) is 0 Å². The van der Waals surface area contributed by atoms with E-state index in [1.165, 1.54) is 56.9 Å². The lowest BCUT2D eigenvalue weighted by Crippen LogP contribution is -2.67. The van der Waals surface area contributed by atoms with Gasteiger partial charge in [0.2, 0.25) is 5.91 Å². The van der Waals surface area contributed by atoms with E-state index in [-0.39, 0.29) is 52.0 Å². The molecule has 0 saturated heterocycles. The number of fused-ring (bicyclic) bond motifs is 7. The van der Waals surface area contributed by atoms with Crippen LogP contribution < -0.4 is 5.32 Å². The standard InChI is InChI=1S/C45H73NO5/c1-28(2)31-17-22-45(25-36(47)46-30-13-11-29(3)12-14-30)24-23-43(9)32(39(31)45)15-16-34-42(8)20-19-35(41(6,7)33(42)18-21-44(34,43)10)51-38(50)27-40(4,5)26-37(48)49/h29-35,39H,1,11-27H2,2-10H3,(H,46,47)(H,48,49)/t29?,30?,31-,32+,33-,34+,35-,39+,42-,43+,44+,45+/m0/s1. The van der Waals surface area contributed by atoms with E-state index < -0.39 is 11.4 Å². The molecule has 0 aromatic rings. The number of rotatable bonds is 9. The Kier molecular flexibility index (Phi) is 10.3. The molecule has 51 heavy (non-hydrogen) atoms. The highest BCUT2D eigenvalue weighted by Gasteiger charge is 2.71. The van der Waals surface area contributed by atoms with E-state index in [1.807, 2.05) is 13.8 Å². The van der Waals surface area contributed by atoms with E-state index >= 15 is 0 Å². The highest BCUT2D eigenvalue weighted by molar-refractivity contribution is 5.77. The minimum absolute atomic E-state index is 0.0426.